The molecule has 136 valence electrons. The number of aromatic nitrogens is 3. The number of nitrogens with one attached hydrogen (secondary N) is 1. The van der Waals surface area contributed by atoms with E-state index in [4.69, 9.17) is 16.6 Å². The first-order valence-electron chi connectivity index (χ1n) is 8.17. The van der Waals surface area contributed by atoms with Gasteiger partial charge in [0.2, 0.25) is 0 Å². The van der Waals surface area contributed by atoms with Crippen molar-refractivity contribution in [2.75, 3.05) is 0 Å². The number of fused-ring (bicyclic) bond motifs is 1. The highest BCUT2D eigenvalue weighted by molar-refractivity contribution is 7.91. The Morgan fingerprint density at radius 2 is 1.92 bits per heavy atom. The van der Waals surface area contributed by atoms with E-state index in [-0.39, 0.29) is 0 Å². The molecular formula is C19H21ClN4OS. The molecule has 0 amide bonds. The van der Waals surface area contributed by atoms with Gasteiger partial charge in [-0.2, -0.15) is 5.10 Å². The van der Waals surface area contributed by atoms with E-state index in [9.17, 15) is 4.55 Å². The summed E-state index contributed by atoms with van der Waals surface area (Å²) in [7, 11) is 0. The highest BCUT2D eigenvalue weighted by Gasteiger charge is 2.28. The summed E-state index contributed by atoms with van der Waals surface area (Å²) < 4.78 is 16.7. The molecule has 0 aliphatic carbocycles. The van der Waals surface area contributed by atoms with Gasteiger partial charge in [-0.05, 0) is 27.7 Å². The lowest BCUT2D eigenvalue weighted by atomic mass is 10.1. The normalized spacial score (nSPS) is 13.0. The third kappa shape index (κ3) is 3.58. The molecule has 0 saturated carbocycles. The predicted octanol–water partition coefficient (Wildman–Crippen LogP) is 4.38. The van der Waals surface area contributed by atoms with Crippen LogP contribution in [0.4, 0.5) is 0 Å². The summed E-state index contributed by atoms with van der Waals surface area (Å²) in [5.74, 6) is 0. The summed E-state index contributed by atoms with van der Waals surface area (Å²) in [6.45, 7) is 11.6. The highest BCUT2D eigenvalue weighted by atomic mass is 35.5. The van der Waals surface area contributed by atoms with Gasteiger partial charge in [-0.1, -0.05) is 48.5 Å². The topological polar surface area (TPSA) is 65.3 Å². The van der Waals surface area contributed by atoms with Gasteiger partial charge in [0, 0.05) is 17.3 Å². The zero-order chi connectivity index (χ0) is 19.1. The van der Waals surface area contributed by atoms with E-state index in [1.54, 1.807) is 4.52 Å². The molecule has 7 heteroatoms. The lowest BCUT2D eigenvalue weighted by molar-refractivity contribution is 0.554. The van der Waals surface area contributed by atoms with Gasteiger partial charge in [-0.3, -0.25) is 0 Å². The fraction of sp³-hybridized carbons (Fsp3) is 0.263. The lowest BCUT2D eigenvalue weighted by Gasteiger charge is -2.25. The first kappa shape index (κ1) is 18.8. The number of aryl methyl sites for hydroxylation is 1. The molecule has 2 heterocycles. The van der Waals surface area contributed by atoms with Gasteiger partial charge in [0.05, 0.1) is 28.4 Å². The summed E-state index contributed by atoms with van der Waals surface area (Å²) in [5.41, 5.74) is 4.16. The number of rotatable bonds is 4. The Kier molecular flexibility index (Phi) is 5.01. The Morgan fingerprint density at radius 3 is 2.54 bits per heavy atom. The number of hydrogen-bond donors (Lipinski definition) is 1. The summed E-state index contributed by atoms with van der Waals surface area (Å²) in [4.78, 5) is 4.73. The monoisotopic (exact) mass is 388 g/mol. The van der Waals surface area contributed by atoms with Gasteiger partial charge in [0.1, 0.15) is 9.77 Å². The van der Waals surface area contributed by atoms with E-state index >= 15 is 0 Å². The van der Waals surface area contributed by atoms with Crippen LogP contribution in [0, 0.1) is 6.92 Å². The molecule has 1 aromatic carbocycles. The summed E-state index contributed by atoms with van der Waals surface area (Å²) in [5, 5.41) is 4.91. The Morgan fingerprint density at radius 1 is 1.27 bits per heavy atom. The maximum Gasteiger partial charge on any atom is 0.174 e. The van der Waals surface area contributed by atoms with Gasteiger partial charge in [-0.25, -0.2) is 14.2 Å². The van der Waals surface area contributed by atoms with Crippen LogP contribution in [0.5, 0.6) is 0 Å². The SMILES string of the molecule is C=C(N[S@+]([O-])C(C)(C)C)c1cn2nc(C)c(Cl)c2nc1-c1ccccc1. The molecule has 0 saturated heterocycles. The quantitative estimate of drug-likeness (QED) is 0.673. The van der Waals surface area contributed by atoms with Crippen molar-refractivity contribution in [3.05, 3.63) is 59.4 Å². The maximum absolute atomic E-state index is 12.5. The molecular weight excluding hydrogens is 368 g/mol. The van der Waals surface area contributed by atoms with Crippen LogP contribution in [0.3, 0.4) is 0 Å². The average Bonchev–Trinajstić information content (AvgIpc) is 2.87. The van der Waals surface area contributed by atoms with Gasteiger partial charge < -0.3 is 4.55 Å². The fourth-order valence-corrected chi connectivity index (χ4v) is 3.22. The standard InChI is InChI=1S/C19H21ClN4OS/c1-12(23-26(25)19(3,4)5)15-11-24-18(16(20)13(2)22-24)21-17(15)14-9-7-6-8-10-14/h6-11,23H,1H2,2-5H3/t26-/m1/s1. The third-order valence-corrected chi connectivity index (χ3v) is 5.84. The minimum absolute atomic E-state index is 0.418. The second-order valence-electron chi connectivity index (χ2n) is 7.00. The van der Waals surface area contributed by atoms with Crippen LogP contribution in [-0.2, 0) is 11.4 Å². The van der Waals surface area contributed by atoms with E-state index in [1.165, 1.54) is 0 Å². The van der Waals surface area contributed by atoms with Crippen LogP contribution in [0.2, 0.25) is 5.02 Å². The minimum atomic E-state index is -1.30. The molecule has 5 nitrogen and oxygen atoms in total. The molecule has 1 atom stereocenters. The average molecular weight is 389 g/mol. The smallest absolute Gasteiger partial charge is 0.174 e. The molecule has 0 spiro atoms. The Labute approximate surface area is 161 Å². The summed E-state index contributed by atoms with van der Waals surface area (Å²) in [6.07, 6.45) is 1.82. The maximum atomic E-state index is 12.5. The van der Waals surface area contributed by atoms with Crippen molar-refractivity contribution in [1.82, 2.24) is 19.3 Å². The van der Waals surface area contributed by atoms with Crippen LogP contribution in [0.1, 0.15) is 32.0 Å². The van der Waals surface area contributed by atoms with Crippen molar-refractivity contribution in [3.8, 4) is 11.3 Å². The first-order chi connectivity index (χ1) is 12.2. The predicted molar refractivity (Wildman–Crippen MR) is 108 cm³/mol. The molecule has 0 unspecified atom stereocenters. The van der Waals surface area contributed by atoms with E-state index in [0.29, 0.717) is 27.8 Å². The molecule has 3 aromatic rings. The molecule has 26 heavy (non-hydrogen) atoms. The van der Waals surface area contributed by atoms with Crippen LogP contribution in [0.25, 0.3) is 22.6 Å². The second-order valence-corrected chi connectivity index (χ2v) is 9.34. The largest absolute Gasteiger partial charge is 0.593 e. The van der Waals surface area contributed by atoms with Crippen molar-refractivity contribution >= 4 is 34.3 Å². The summed E-state index contributed by atoms with van der Waals surface area (Å²) in [6, 6.07) is 9.76. The van der Waals surface area contributed by atoms with E-state index < -0.39 is 16.1 Å². The fourth-order valence-electron chi connectivity index (χ4n) is 2.41. The zero-order valence-electron chi connectivity index (χ0n) is 15.2. The Balaban J connectivity index is 2.15. The molecule has 2 aromatic heterocycles. The summed E-state index contributed by atoms with van der Waals surface area (Å²) >= 11 is 5.05. The third-order valence-electron chi connectivity index (χ3n) is 3.86. The van der Waals surface area contributed by atoms with Crippen molar-refractivity contribution < 1.29 is 4.55 Å². The van der Waals surface area contributed by atoms with Crippen molar-refractivity contribution in [2.24, 2.45) is 0 Å². The number of benzene rings is 1. The second kappa shape index (κ2) is 6.95. The molecule has 0 bridgehead atoms. The molecule has 0 fully saturated rings. The molecule has 0 aliphatic rings. The Bertz CT molecular complexity index is 963. The first-order valence-corrected chi connectivity index (χ1v) is 9.70. The van der Waals surface area contributed by atoms with Crippen molar-refractivity contribution in [3.63, 3.8) is 0 Å². The van der Waals surface area contributed by atoms with Crippen LogP contribution in [-0.4, -0.2) is 23.9 Å². The van der Waals surface area contributed by atoms with Crippen LogP contribution >= 0.6 is 11.6 Å². The van der Waals surface area contributed by atoms with Gasteiger partial charge in [0.15, 0.2) is 5.65 Å². The number of halogens is 1. The Hall–Kier alpha value is -2.02. The van der Waals surface area contributed by atoms with Crippen molar-refractivity contribution in [2.45, 2.75) is 32.4 Å². The van der Waals surface area contributed by atoms with E-state index in [0.717, 1.165) is 11.1 Å². The van der Waals surface area contributed by atoms with Gasteiger partial charge >= 0.3 is 0 Å². The number of hydrogen-bond acceptors (Lipinski definition) is 4. The molecule has 0 radical (unpaired) electrons. The van der Waals surface area contributed by atoms with Crippen LogP contribution in [0.15, 0.2) is 43.1 Å². The van der Waals surface area contributed by atoms with Gasteiger partial charge in [-0.15, -0.1) is 0 Å². The highest BCUT2D eigenvalue weighted by Crippen LogP contribution is 2.30. The molecule has 1 N–H and O–H groups in total. The molecule has 0 aliphatic heterocycles. The van der Waals surface area contributed by atoms with E-state index in [1.807, 2.05) is 64.2 Å². The lowest BCUT2D eigenvalue weighted by Crippen LogP contribution is -2.38. The van der Waals surface area contributed by atoms with Crippen molar-refractivity contribution in [1.29, 1.82) is 0 Å². The van der Waals surface area contributed by atoms with Crippen LogP contribution < -0.4 is 4.72 Å². The zero-order valence-corrected chi connectivity index (χ0v) is 16.8. The minimum Gasteiger partial charge on any atom is -0.593 e. The number of nitrogens with zero attached hydrogens (tertiary/aromatic N) is 3. The van der Waals surface area contributed by atoms with E-state index in [2.05, 4.69) is 16.4 Å². The van der Waals surface area contributed by atoms with Gasteiger partial charge in [0.25, 0.3) is 0 Å². The molecule has 3 rings (SSSR count).